The van der Waals surface area contributed by atoms with Crippen molar-refractivity contribution in [2.75, 3.05) is 11.9 Å². The molecular formula is C14H14N4OS2. The van der Waals surface area contributed by atoms with Crippen molar-refractivity contribution in [3.8, 4) is 6.07 Å². The van der Waals surface area contributed by atoms with Gasteiger partial charge in [0, 0.05) is 6.54 Å². The number of carbonyl (C=O) groups excluding carboxylic acids is 1. The molecule has 1 N–H and O–H groups in total. The molecule has 5 nitrogen and oxygen atoms in total. The number of nitrogens with one attached hydrogen (secondary N) is 1. The van der Waals surface area contributed by atoms with Gasteiger partial charge < -0.3 is 5.32 Å². The van der Waals surface area contributed by atoms with Crippen LogP contribution in [0.5, 0.6) is 0 Å². The average molecular weight is 318 g/mol. The molecule has 0 saturated carbocycles. The number of amides is 1. The summed E-state index contributed by atoms with van der Waals surface area (Å²) in [4.78, 5) is 21.8. The molecule has 0 aliphatic carbocycles. The summed E-state index contributed by atoms with van der Waals surface area (Å²) in [7, 11) is 0. The Hall–Kier alpha value is -2.04. The first-order valence-corrected chi connectivity index (χ1v) is 8.19. The van der Waals surface area contributed by atoms with Gasteiger partial charge in [-0.3, -0.25) is 4.79 Å². The van der Waals surface area contributed by atoms with Crippen LogP contribution in [0.1, 0.15) is 34.1 Å². The Morgan fingerprint density at radius 1 is 1.52 bits per heavy atom. The van der Waals surface area contributed by atoms with Crippen molar-refractivity contribution < 1.29 is 4.79 Å². The van der Waals surface area contributed by atoms with Gasteiger partial charge in [0.2, 0.25) is 0 Å². The van der Waals surface area contributed by atoms with Crippen LogP contribution >= 0.6 is 22.7 Å². The summed E-state index contributed by atoms with van der Waals surface area (Å²) < 4.78 is 0. The summed E-state index contributed by atoms with van der Waals surface area (Å²) in [6.07, 6.45) is 0.652. The lowest BCUT2D eigenvalue weighted by Gasteiger charge is -1.95. The molecule has 0 aliphatic heterocycles. The van der Waals surface area contributed by atoms with E-state index >= 15 is 0 Å². The molecule has 0 unspecified atom stereocenters. The Balaban J connectivity index is 2.33. The van der Waals surface area contributed by atoms with Crippen LogP contribution in [0, 0.1) is 11.3 Å². The van der Waals surface area contributed by atoms with E-state index < -0.39 is 5.91 Å². The van der Waals surface area contributed by atoms with Crippen molar-refractivity contribution in [1.29, 1.82) is 5.26 Å². The van der Waals surface area contributed by atoms with Crippen LogP contribution in [-0.2, 0) is 6.42 Å². The number of thiazole rings is 1. The van der Waals surface area contributed by atoms with Gasteiger partial charge in [-0.25, -0.2) is 4.98 Å². The minimum absolute atomic E-state index is 0.149. The van der Waals surface area contributed by atoms with Gasteiger partial charge in [0.15, 0.2) is 10.8 Å². The highest BCUT2D eigenvalue weighted by atomic mass is 32.1. The highest BCUT2D eigenvalue weighted by molar-refractivity contribution is 7.17. The second-order valence-electron chi connectivity index (χ2n) is 4.03. The minimum Gasteiger partial charge on any atom is -0.362 e. The molecule has 1 amide bonds. The van der Waals surface area contributed by atoms with Crippen molar-refractivity contribution in [3.63, 3.8) is 0 Å². The lowest BCUT2D eigenvalue weighted by atomic mass is 10.3. The molecule has 0 atom stereocenters. The van der Waals surface area contributed by atoms with Crippen molar-refractivity contribution in [1.82, 2.24) is 4.98 Å². The fraction of sp³-hybridized carbons (Fsp3) is 0.286. The topological polar surface area (TPSA) is 78.1 Å². The minimum atomic E-state index is -0.404. The van der Waals surface area contributed by atoms with E-state index in [-0.39, 0.29) is 5.71 Å². The van der Waals surface area contributed by atoms with E-state index in [1.807, 2.05) is 31.4 Å². The van der Waals surface area contributed by atoms with Crippen molar-refractivity contribution in [3.05, 3.63) is 33.0 Å². The highest BCUT2D eigenvalue weighted by Crippen LogP contribution is 2.24. The third-order valence-corrected chi connectivity index (χ3v) is 4.55. The molecule has 7 heteroatoms. The van der Waals surface area contributed by atoms with E-state index in [1.54, 1.807) is 6.07 Å². The summed E-state index contributed by atoms with van der Waals surface area (Å²) in [6, 6.07) is 5.58. The van der Waals surface area contributed by atoms with Crippen LogP contribution in [0.3, 0.4) is 0 Å². The Bertz CT molecular complexity index is 695. The number of carbonyl (C=O) groups is 1. The fourth-order valence-corrected chi connectivity index (χ4v) is 3.36. The number of hydrogen-bond acceptors (Lipinski definition) is 6. The normalized spacial score (nSPS) is 11.2. The molecule has 2 heterocycles. The van der Waals surface area contributed by atoms with Gasteiger partial charge in [-0.05, 0) is 24.8 Å². The van der Waals surface area contributed by atoms with Gasteiger partial charge in [-0.15, -0.1) is 11.3 Å². The number of aliphatic imine (C=N–C) groups is 1. The SMILES string of the molecule is CCNc1nc(CC)c(C(=O)N=C(C#N)c2cccs2)s1. The van der Waals surface area contributed by atoms with Gasteiger partial charge in [-0.1, -0.05) is 24.3 Å². The summed E-state index contributed by atoms with van der Waals surface area (Å²) >= 11 is 2.67. The van der Waals surface area contributed by atoms with Crippen LogP contribution < -0.4 is 5.32 Å². The second kappa shape index (κ2) is 7.11. The maximum absolute atomic E-state index is 12.3. The maximum atomic E-state index is 12.3. The third kappa shape index (κ3) is 3.54. The number of rotatable bonds is 5. The molecular weight excluding hydrogens is 304 g/mol. The van der Waals surface area contributed by atoms with E-state index in [0.29, 0.717) is 27.0 Å². The van der Waals surface area contributed by atoms with Crippen LogP contribution in [-0.4, -0.2) is 23.1 Å². The smallest absolute Gasteiger partial charge is 0.290 e. The van der Waals surface area contributed by atoms with Crippen molar-refractivity contribution >= 4 is 39.4 Å². The zero-order valence-electron chi connectivity index (χ0n) is 11.7. The second-order valence-corrected chi connectivity index (χ2v) is 5.98. The first kappa shape index (κ1) is 15.4. The molecule has 108 valence electrons. The Labute approximate surface area is 131 Å². The highest BCUT2D eigenvalue weighted by Gasteiger charge is 2.17. The average Bonchev–Trinajstić information content (AvgIpc) is 3.14. The molecule has 0 fully saturated rings. The quantitative estimate of drug-likeness (QED) is 0.858. The van der Waals surface area contributed by atoms with Gasteiger partial charge in [-0.2, -0.15) is 10.3 Å². The van der Waals surface area contributed by atoms with Crippen LogP contribution in [0.2, 0.25) is 0 Å². The van der Waals surface area contributed by atoms with Crippen LogP contribution in [0.4, 0.5) is 5.13 Å². The molecule has 0 aliphatic rings. The maximum Gasteiger partial charge on any atom is 0.290 e. The molecule has 0 spiro atoms. The Kier molecular flexibility index (Phi) is 5.20. The fourth-order valence-electron chi connectivity index (χ4n) is 1.69. The van der Waals surface area contributed by atoms with Crippen molar-refractivity contribution in [2.45, 2.75) is 20.3 Å². The number of hydrogen-bond donors (Lipinski definition) is 1. The van der Waals surface area contributed by atoms with E-state index in [9.17, 15) is 4.79 Å². The van der Waals surface area contributed by atoms with E-state index in [0.717, 1.165) is 6.54 Å². The van der Waals surface area contributed by atoms with E-state index in [4.69, 9.17) is 5.26 Å². The Morgan fingerprint density at radius 3 is 2.90 bits per heavy atom. The number of nitrogens with zero attached hydrogens (tertiary/aromatic N) is 3. The van der Waals surface area contributed by atoms with Gasteiger partial charge in [0.05, 0.1) is 10.6 Å². The molecule has 0 saturated heterocycles. The molecule has 2 aromatic heterocycles. The lowest BCUT2D eigenvalue weighted by Crippen LogP contribution is -2.03. The summed E-state index contributed by atoms with van der Waals surface area (Å²) in [5.41, 5.74) is 0.864. The lowest BCUT2D eigenvalue weighted by molar-refractivity contribution is 0.101. The number of nitriles is 1. The zero-order chi connectivity index (χ0) is 15.2. The summed E-state index contributed by atoms with van der Waals surface area (Å²) in [5, 5.41) is 14.8. The molecule has 21 heavy (non-hydrogen) atoms. The van der Waals surface area contributed by atoms with Crippen LogP contribution in [0.15, 0.2) is 22.5 Å². The standard InChI is InChI=1S/C14H14N4OS2/c1-3-9-12(21-14(18-9)16-4-2)13(19)17-10(8-15)11-6-5-7-20-11/h5-7H,3-4H2,1-2H3,(H,16,18). The first-order valence-electron chi connectivity index (χ1n) is 6.50. The number of thiophene rings is 1. The summed E-state index contributed by atoms with van der Waals surface area (Å²) in [6.45, 7) is 4.65. The van der Waals surface area contributed by atoms with Gasteiger partial charge in [0.25, 0.3) is 5.91 Å². The predicted molar refractivity (Wildman–Crippen MR) is 86.5 cm³/mol. The molecule has 2 aromatic rings. The number of aryl methyl sites for hydroxylation is 1. The monoisotopic (exact) mass is 318 g/mol. The predicted octanol–water partition coefficient (Wildman–Crippen LogP) is 3.35. The van der Waals surface area contributed by atoms with Crippen LogP contribution in [0.25, 0.3) is 0 Å². The summed E-state index contributed by atoms with van der Waals surface area (Å²) in [5.74, 6) is -0.404. The Morgan fingerprint density at radius 2 is 2.33 bits per heavy atom. The third-order valence-electron chi connectivity index (χ3n) is 2.63. The molecule has 2 rings (SSSR count). The molecule has 0 bridgehead atoms. The van der Waals surface area contributed by atoms with Gasteiger partial charge in [0.1, 0.15) is 10.9 Å². The zero-order valence-corrected chi connectivity index (χ0v) is 13.3. The molecule has 0 radical (unpaired) electrons. The van der Waals surface area contributed by atoms with Gasteiger partial charge >= 0.3 is 0 Å². The number of aromatic nitrogens is 1. The number of anilines is 1. The first-order chi connectivity index (χ1) is 10.2. The van der Waals surface area contributed by atoms with E-state index in [2.05, 4.69) is 15.3 Å². The van der Waals surface area contributed by atoms with E-state index in [1.165, 1.54) is 22.7 Å². The molecule has 0 aromatic carbocycles. The largest absolute Gasteiger partial charge is 0.362 e. The van der Waals surface area contributed by atoms with Crippen molar-refractivity contribution in [2.24, 2.45) is 4.99 Å².